The number of hydrogen-bond donors (Lipinski definition) is 0. The third-order valence-corrected chi connectivity index (χ3v) is 4.55. The van der Waals surface area contributed by atoms with Crippen LogP contribution in [0.3, 0.4) is 0 Å². The van der Waals surface area contributed by atoms with Gasteiger partial charge in [0.25, 0.3) is 0 Å². The first kappa shape index (κ1) is 13.1. The molecule has 0 saturated heterocycles. The molecule has 1 aliphatic carbocycles. The van der Waals surface area contributed by atoms with E-state index in [0.717, 1.165) is 17.7 Å². The average Bonchev–Trinajstić information content (AvgIpc) is 3.10. The van der Waals surface area contributed by atoms with Gasteiger partial charge in [-0.1, -0.05) is 0 Å². The standard InChI is InChI=1S/C16H14FNOS/c17-15-9-12(19-11-3-1-2-4-11)5-7-14(15)16-8-6-13(10-18)20-16/h5-9,11H,1-4H2. The van der Waals surface area contributed by atoms with Crippen molar-refractivity contribution in [1.82, 2.24) is 0 Å². The lowest BCUT2D eigenvalue weighted by Crippen LogP contribution is -2.10. The van der Waals surface area contributed by atoms with E-state index in [4.69, 9.17) is 10.00 Å². The molecular formula is C16H14FNOS. The molecule has 1 saturated carbocycles. The van der Waals surface area contributed by atoms with Gasteiger partial charge in [0, 0.05) is 16.5 Å². The van der Waals surface area contributed by atoms with E-state index < -0.39 is 0 Å². The molecule has 0 N–H and O–H groups in total. The van der Waals surface area contributed by atoms with Crippen LogP contribution in [0.4, 0.5) is 4.39 Å². The van der Waals surface area contributed by atoms with E-state index in [-0.39, 0.29) is 11.9 Å². The lowest BCUT2D eigenvalue weighted by atomic mass is 10.1. The minimum Gasteiger partial charge on any atom is -0.490 e. The van der Waals surface area contributed by atoms with Crippen molar-refractivity contribution in [2.24, 2.45) is 0 Å². The largest absolute Gasteiger partial charge is 0.490 e. The highest BCUT2D eigenvalue weighted by molar-refractivity contribution is 7.16. The summed E-state index contributed by atoms with van der Waals surface area (Å²) in [5.41, 5.74) is 0.523. The average molecular weight is 287 g/mol. The maximum atomic E-state index is 14.2. The van der Waals surface area contributed by atoms with Crippen LogP contribution in [-0.4, -0.2) is 6.10 Å². The zero-order valence-corrected chi connectivity index (χ0v) is 11.8. The summed E-state index contributed by atoms with van der Waals surface area (Å²) >= 11 is 1.30. The fraction of sp³-hybridized carbons (Fsp3) is 0.312. The van der Waals surface area contributed by atoms with Crippen LogP contribution in [-0.2, 0) is 0 Å². The van der Waals surface area contributed by atoms with Crippen LogP contribution in [0.15, 0.2) is 30.3 Å². The molecule has 3 rings (SSSR count). The summed E-state index contributed by atoms with van der Waals surface area (Å²) in [5.74, 6) is 0.294. The van der Waals surface area contributed by atoms with Crippen molar-refractivity contribution in [3.05, 3.63) is 41.0 Å². The minimum atomic E-state index is -0.299. The van der Waals surface area contributed by atoms with E-state index in [2.05, 4.69) is 6.07 Å². The molecule has 1 heterocycles. The number of hydrogen-bond acceptors (Lipinski definition) is 3. The van der Waals surface area contributed by atoms with Gasteiger partial charge in [-0.2, -0.15) is 5.26 Å². The van der Waals surface area contributed by atoms with Gasteiger partial charge in [-0.25, -0.2) is 4.39 Å². The Bertz CT molecular complexity index is 653. The van der Waals surface area contributed by atoms with Crippen LogP contribution in [0, 0.1) is 17.1 Å². The molecule has 0 radical (unpaired) electrons. The van der Waals surface area contributed by atoms with E-state index in [1.54, 1.807) is 18.2 Å². The second-order valence-electron chi connectivity index (χ2n) is 4.94. The summed E-state index contributed by atoms with van der Waals surface area (Å²) in [6, 6.07) is 10.5. The van der Waals surface area contributed by atoms with E-state index in [1.165, 1.54) is 30.2 Å². The third-order valence-electron chi connectivity index (χ3n) is 3.53. The Hall–Kier alpha value is -1.86. The third kappa shape index (κ3) is 2.68. The first-order valence-electron chi connectivity index (χ1n) is 6.73. The molecule has 2 nitrogen and oxygen atoms in total. The second kappa shape index (κ2) is 5.64. The summed E-state index contributed by atoms with van der Waals surface area (Å²) in [6.45, 7) is 0. The van der Waals surface area contributed by atoms with Gasteiger partial charge in [0.05, 0.1) is 6.10 Å². The molecule has 0 aliphatic heterocycles. The van der Waals surface area contributed by atoms with Crippen molar-refractivity contribution in [3.8, 4) is 22.3 Å². The van der Waals surface area contributed by atoms with Crippen molar-refractivity contribution in [1.29, 1.82) is 5.26 Å². The number of nitrogens with zero attached hydrogens (tertiary/aromatic N) is 1. The van der Waals surface area contributed by atoms with Gasteiger partial charge in [-0.15, -0.1) is 11.3 Å². The molecule has 1 aromatic heterocycles. The second-order valence-corrected chi connectivity index (χ2v) is 6.03. The molecule has 0 amide bonds. The van der Waals surface area contributed by atoms with E-state index in [0.29, 0.717) is 16.2 Å². The predicted octanol–water partition coefficient (Wildman–Crippen LogP) is 4.75. The zero-order valence-electron chi connectivity index (χ0n) is 10.9. The van der Waals surface area contributed by atoms with Crippen LogP contribution in [0.2, 0.25) is 0 Å². The number of benzene rings is 1. The normalized spacial score (nSPS) is 15.2. The van der Waals surface area contributed by atoms with Crippen molar-refractivity contribution in [2.75, 3.05) is 0 Å². The molecule has 0 spiro atoms. The van der Waals surface area contributed by atoms with Crippen molar-refractivity contribution >= 4 is 11.3 Å². The molecule has 0 bridgehead atoms. The Morgan fingerprint density at radius 1 is 1.20 bits per heavy atom. The first-order chi connectivity index (χ1) is 9.76. The number of ether oxygens (including phenoxy) is 1. The highest BCUT2D eigenvalue weighted by Crippen LogP contribution is 2.32. The monoisotopic (exact) mass is 287 g/mol. The minimum absolute atomic E-state index is 0.229. The zero-order chi connectivity index (χ0) is 13.9. The van der Waals surface area contributed by atoms with E-state index >= 15 is 0 Å². The van der Waals surface area contributed by atoms with Crippen molar-refractivity contribution in [2.45, 2.75) is 31.8 Å². The number of thiophene rings is 1. The molecule has 2 aromatic rings. The summed E-state index contributed by atoms with van der Waals surface area (Å²) in [4.78, 5) is 1.36. The SMILES string of the molecule is N#Cc1ccc(-c2ccc(OC3CCCC3)cc2F)s1. The Kier molecular flexibility index (Phi) is 3.70. The fourth-order valence-electron chi connectivity index (χ4n) is 2.51. The smallest absolute Gasteiger partial charge is 0.135 e. The molecule has 1 aromatic carbocycles. The summed E-state index contributed by atoms with van der Waals surface area (Å²) < 4.78 is 20.0. The lowest BCUT2D eigenvalue weighted by Gasteiger charge is -2.13. The quantitative estimate of drug-likeness (QED) is 0.816. The highest BCUT2D eigenvalue weighted by atomic mass is 32.1. The summed E-state index contributed by atoms with van der Waals surface area (Å²) in [6.07, 6.45) is 4.72. The number of rotatable bonds is 3. The first-order valence-corrected chi connectivity index (χ1v) is 7.54. The van der Waals surface area contributed by atoms with Crippen LogP contribution >= 0.6 is 11.3 Å². The van der Waals surface area contributed by atoms with Gasteiger partial charge in [0.2, 0.25) is 0 Å². The van der Waals surface area contributed by atoms with Crippen molar-refractivity contribution in [3.63, 3.8) is 0 Å². The maximum absolute atomic E-state index is 14.2. The van der Waals surface area contributed by atoms with Gasteiger partial charge in [-0.05, 0) is 49.9 Å². The topological polar surface area (TPSA) is 33.0 Å². The van der Waals surface area contributed by atoms with Crippen LogP contribution in [0.5, 0.6) is 5.75 Å². The number of halogens is 1. The van der Waals surface area contributed by atoms with Gasteiger partial charge in [0.1, 0.15) is 22.5 Å². The summed E-state index contributed by atoms with van der Waals surface area (Å²) in [5, 5.41) is 8.82. The Morgan fingerprint density at radius 3 is 2.65 bits per heavy atom. The Morgan fingerprint density at radius 2 is 2.00 bits per heavy atom. The molecule has 0 atom stereocenters. The van der Waals surface area contributed by atoms with Crippen molar-refractivity contribution < 1.29 is 9.13 Å². The van der Waals surface area contributed by atoms with E-state index in [1.807, 2.05) is 6.07 Å². The van der Waals surface area contributed by atoms with Crippen LogP contribution in [0.25, 0.3) is 10.4 Å². The molecule has 102 valence electrons. The Labute approximate surface area is 121 Å². The Balaban J connectivity index is 1.81. The van der Waals surface area contributed by atoms with Gasteiger partial charge < -0.3 is 4.74 Å². The molecule has 1 fully saturated rings. The van der Waals surface area contributed by atoms with Gasteiger partial charge in [0.15, 0.2) is 0 Å². The predicted molar refractivity (Wildman–Crippen MR) is 77.3 cm³/mol. The molecule has 4 heteroatoms. The van der Waals surface area contributed by atoms with Gasteiger partial charge in [-0.3, -0.25) is 0 Å². The summed E-state index contributed by atoms with van der Waals surface area (Å²) in [7, 11) is 0. The maximum Gasteiger partial charge on any atom is 0.135 e. The molecule has 1 aliphatic rings. The van der Waals surface area contributed by atoms with Gasteiger partial charge >= 0.3 is 0 Å². The fourth-order valence-corrected chi connectivity index (χ4v) is 3.34. The molecule has 0 unspecified atom stereocenters. The molecule has 20 heavy (non-hydrogen) atoms. The van der Waals surface area contributed by atoms with Crippen LogP contribution < -0.4 is 4.74 Å². The molecular weight excluding hydrogens is 273 g/mol. The van der Waals surface area contributed by atoms with E-state index in [9.17, 15) is 4.39 Å². The van der Waals surface area contributed by atoms with Crippen LogP contribution in [0.1, 0.15) is 30.6 Å². The number of nitriles is 1. The highest BCUT2D eigenvalue weighted by Gasteiger charge is 2.17. The lowest BCUT2D eigenvalue weighted by molar-refractivity contribution is 0.209.